The van der Waals surface area contributed by atoms with Crippen LogP contribution in [0.25, 0.3) is 22.5 Å². The predicted octanol–water partition coefficient (Wildman–Crippen LogP) is 5.47. The summed E-state index contributed by atoms with van der Waals surface area (Å²) in [6, 6.07) is 27.2. The van der Waals surface area contributed by atoms with Crippen molar-refractivity contribution in [2.75, 3.05) is 7.11 Å². The Labute approximate surface area is 247 Å². The molecule has 0 aliphatic carbocycles. The van der Waals surface area contributed by atoms with Gasteiger partial charge < -0.3 is 9.84 Å². The fraction of sp³-hybridized carbons (Fsp3) is 0.0909. The molecule has 2 aromatic carbocycles. The Morgan fingerprint density at radius 3 is 1.60 bits per heavy atom. The molecule has 1 N–H and O–H groups in total. The second kappa shape index (κ2) is 13.6. The average Bonchev–Trinajstić information content (AvgIpc) is 3.72. The average molecular weight is 573 g/mol. The molecule has 43 heavy (non-hydrogen) atoms. The standard InChI is InChI=1S/C17H15N3O2.C16H13N3O2/c1-22-17(21)15-9-14(10-18-11-15)16-7-8-19-20(16)12-13-5-3-2-4-6-13;20-16(21)14-8-13(9-17-10-14)15-6-7-18-19(15)11-12-4-2-1-3-5-12/h2-11H,12H2,1H3;1-10H,11H2,(H,20,21). The van der Waals surface area contributed by atoms with Crippen LogP contribution >= 0.6 is 0 Å². The molecule has 0 aliphatic rings. The van der Waals surface area contributed by atoms with E-state index in [-0.39, 0.29) is 5.56 Å². The molecule has 0 saturated heterocycles. The SMILES string of the molecule is COC(=O)c1cncc(-c2ccnn2Cc2ccccc2)c1.O=C(O)c1cncc(-c2ccnn2Cc2ccccc2)c1. The normalized spacial score (nSPS) is 10.4. The third-order valence-corrected chi connectivity index (χ3v) is 6.52. The molecule has 0 atom stereocenters. The van der Waals surface area contributed by atoms with Gasteiger partial charge in [-0.1, -0.05) is 60.7 Å². The lowest BCUT2D eigenvalue weighted by molar-refractivity contribution is 0.0599. The summed E-state index contributed by atoms with van der Waals surface area (Å²) in [4.78, 5) is 30.8. The molecule has 0 spiro atoms. The summed E-state index contributed by atoms with van der Waals surface area (Å²) in [6.07, 6.45) is 9.63. The number of benzene rings is 2. The van der Waals surface area contributed by atoms with E-state index < -0.39 is 11.9 Å². The van der Waals surface area contributed by atoms with Crippen molar-refractivity contribution in [2.45, 2.75) is 13.1 Å². The number of hydrogen-bond donors (Lipinski definition) is 1. The first-order chi connectivity index (χ1) is 21.0. The van der Waals surface area contributed by atoms with Crippen LogP contribution in [0, 0.1) is 0 Å². The van der Waals surface area contributed by atoms with Gasteiger partial charge in [-0.25, -0.2) is 9.59 Å². The Morgan fingerprint density at radius 2 is 1.14 bits per heavy atom. The smallest absolute Gasteiger partial charge is 0.339 e. The first kappa shape index (κ1) is 28.6. The van der Waals surface area contributed by atoms with Crippen LogP contribution in [0.15, 0.2) is 122 Å². The van der Waals surface area contributed by atoms with Gasteiger partial charge in [-0.3, -0.25) is 19.3 Å². The van der Waals surface area contributed by atoms with Crippen LogP contribution in [-0.2, 0) is 17.8 Å². The molecule has 6 rings (SSSR count). The Hall–Kier alpha value is -5.90. The number of pyridine rings is 2. The molecule has 0 radical (unpaired) electrons. The predicted molar refractivity (Wildman–Crippen MR) is 160 cm³/mol. The summed E-state index contributed by atoms with van der Waals surface area (Å²) in [5.41, 5.74) is 6.19. The quantitative estimate of drug-likeness (QED) is 0.238. The zero-order valence-electron chi connectivity index (χ0n) is 23.3. The number of carbonyl (C=O) groups is 2. The van der Waals surface area contributed by atoms with Crippen LogP contribution in [0.1, 0.15) is 31.8 Å². The number of nitrogens with zero attached hydrogens (tertiary/aromatic N) is 6. The number of carbonyl (C=O) groups excluding carboxylic acids is 1. The minimum atomic E-state index is -0.988. The summed E-state index contributed by atoms with van der Waals surface area (Å²) in [5, 5.41) is 17.7. The molecule has 10 nitrogen and oxygen atoms in total. The van der Waals surface area contributed by atoms with Gasteiger partial charge >= 0.3 is 11.9 Å². The van der Waals surface area contributed by atoms with Crippen LogP contribution in [0.2, 0.25) is 0 Å². The van der Waals surface area contributed by atoms with Gasteiger partial charge in [-0.2, -0.15) is 10.2 Å². The maximum Gasteiger partial charge on any atom is 0.339 e. The number of rotatable bonds is 8. The molecule has 0 unspecified atom stereocenters. The number of aromatic nitrogens is 6. The number of ether oxygens (including phenoxy) is 1. The number of esters is 1. The Bertz CT molecular complexity index is 1820. The van der Waals surface area contributed by atoms with Crippen molar-refractivity contribution in [3.05, 3.63) is 144 Å². The van der Waals surface area contributed by atoms with Gasteiger partial charge in [0.25, 0.3) is 0 Å². The molecule has 10 heteroatoms. The zero-order valence-corrected chi connectivity index (χ0v) is 23.3. The van der Waals surface area contributed by atoms with Gasteiger partial charge in [0.05, 0.1) is 42.7 Å². The molecule has 4 heterocycles. The van der Waals surface area contributed by atoms with Crippen molar-refractivity contribution < 1.29 is 19.4 Å². The maximum absolute atomic E-state index is 11.6. The van der Waals surface area contributed by atoms with Crippen molar-refractivity contribution in [2.24, 2.45) is 0 Å². The van der Waals surface area contributed by atoms with Crippen molar-refractivity contribution >= 4 is 11.9 Å². The molecule has 214 valence electrons. The highest BCUT2D eigenvalue weighted by atomic mass is 16.5. The molecule has 4 aromatic heterocycles. The second-order valence-corrected chi connectivity index (χ2v) is 9.44. The summed E-state index contributed by atoms with van der Waals surface area (Å²) in [5.74, 6) is -1.39. The minimum absolute atomic E-state index is 0.167. The molecule has 0 bridgehead atoms. The van der Waals surface area contributed by atoms with E-state index in [1.165, 1.54) is 19.5 Å². The van der Waals surface area contributed by atoms with Crippen molar-refractivity contribution in [1.29, 1.82) is 0 Å². The van der Waals surface area contributed by atoms with Crippen LogP contribution in [-0.4, -0.2) is 53.7 Å². The molecular formula is C33H28N6O4. The molecule has 6 aromatic rings. The summed E-state index contributed by atoms with van der Waals surface area (Å²) in [6.45, 7) is 1.28. The fourth-order valence-corrected chi connectivity index (χ4v) is 4.43. The van der Waals surface area contributed by atoms with Crippen LogP contribution in [0.4, 0.5) is 0 Å². The lowest BCUT2D eigenvalue weighted by Crippen LogP contribution is -2.05. The van der Waals surface area contributed by atoms with E-state index in [1.54, 1.807) is 36.9 Å². The third kappa shape index (κ3) is 7.25. The second-order valence-electron chi connectivity index (χ2n) is 9.44. The molecule has 0 fully saturated rings. The van der Waals surface area contributed by atoms with Gasteiger partial charge in [-0.05, 0) is 35.4 Å². The van der Waals surface area contributed by atoms with Crippen molar-refractivity contribution in [1.82, 2.24) is 29.5 Å². The molecule has 0 amide bonds. The summed E-state index contributed by atoms with van der Waals surface area (Å²) < 4.78 is 8.45. The van der Waals surface area contributed by atoms with Gasteiger partial charge in [-0.15, -0.1) is 0 Å². The number of methoxy groups -OCH3 is 1. The first-order valence-corrected chi connectivity index (χ1v) is 13.4. The third-order valence-electron chi connectivity index (χ3n) is 6.52. The van der Waals surface area contributed by atoms with E-state index in [0.29, 0.717) is 18.7 Å². The van der Waals surface area contributed by atoms with E-state index in [1.807, 2.05) is 70.0 Å². The lowest BCUT2D eigenvalue weighted by Gasteiger charge is -2.08. The number of aromatic carboxylic acids is 1. The lowest BCUT2D eigenvalue weighted by atomic mass is 10.1. The Morgan fingerprint density at radius 1 is 0.674 bits per heavy atom. The van der Waals surface area contributed by atoms with Crippen LogP contribution in [0.3, 0.4) is 0 Å². The first-order valence-electron chi connectivity index (χ1n) is 13.4. The van der Waals surface area contributed by atoms with E-state index in [9.17, 15) is 9.59 Å². The van der Waals surface area contributed by atoms with Gasteiger partial charge in [0.1, 0.15) is 0 Å². The van der Waals surface area contributed by atoms with E-state index in [4.69, 9.17) is 9.84 Å². The van der Waals surface area contributed by atoms with E-state index >= 15 is 0 Å². The zero-order chi connectivity index (χ0) is 30.0. The monoisotopic (exact) mass is 572 g/mol. The highest BCUT2D eigenvalue weighted by molar-refractivity contribution is 5.90. The highest BCUT2D eigenvalue weighted by Gasteiger charge is 2.12. The number of hydrogen-bond acceptors (Lipinski definition) is 7. The van der Waals surface area contributed by atoms with Crippen molar-refractivity contribution in [3.63, 3.8) is 0 Å². The molecule has 0 aliphatic heterocycles. The van der Waals surface area contributed by atoms with Crippen LogP contribution < -0.4 is 0 Å². The highest BCUT2D eigenvalue weighted by Crippen LogP contribution is 2.21. The van der Waals surface area contributed by atoms with E-state index in [0.717, 1.165) is 33.6 Å². The Balaban J connectivity index is 0.000000171. The Kier molecular flexibility index (Phi) is 9.08. The van der Waals surface area contributed by atoms with E-state index in [2.05, 4.69) is 32.3 Å². The van der Waals surface area contributed by atoms with Gasteiger partial charge in [0, 0.05) is 48.3 Å². The van der Waals surface area contributed by atoms with Crippen LogP contribution in [0.5, 0.6) is 0 Å². The van der Waals surface area contributed by atoms with Crippen molar-refractivity contribution in [3.8, 4) is 22.5 Å². The number of carboxylic acids is 1. The topological polar surface area (TPSA) is 125 Å². The summed E-state index contributed by atoms with van der Waals surface area (Å²) >= 11 is 0. The molecule has 0 saturated carbocycles. The minimum Gasteiger partial charge on any atom is -0.478 e. The summed E-state index contributed by atoms with van der Waals surface area (Å²) in [7, 11) is 1.36. The largest absolute Gasteiger partial charge is 0.478 e. The number of carboxylic acid groups (broad SMARTS) is 1. The molecular weight excluding hydrogens is 544 g/mol. The fourth-order valence-electron chi connectivity index (χ4n) is 4.43. The maximum atomic E-state index is 11.6. The van der Waals surface area contributed by atoms with Gasteiger partial charge in [0.15, 0.2) is 0 Å². The van der Waals surface area contributed by atoms with Gasteiger partial charge in [0.2, 0.25) is 0 Å².